The zero-order valence-corrected chi connectivity index (χ0v) is 10.5. The standard InChI is InChI=1S/C12H19NO2S/c1-16-11-4-2-3-9(7-11)13-12(15)8-5-10(14)6-8/h8-9,11H,2-7H2,1H3,(H,13,15)/t9-,11+/m0/s1. The van der Waals surface area contributed by atoms with Gasteiger partial charge in [0.25, 0.3) is 0 Å². The summed E-state index contributed by atoms with van der Waals surface area (Å²) in [5, 5.41) is 3.80. The average Bonchev–Trinajstić information content (AvgIpc) is 2.25. The molecule has 0 saturated heterocycles. The number of carbonyl (C=O) groups is 2. The molecule has 3 nitrogen and oxygen atoms in total. The molecule has 2 aliphatic carbocycles. The van der Waals surface area contributed by atoms with Crippen LogP contribution in [0, 0.1) is 5.92 Å². The minimum atomic E-state index is -0.0258. The SMILES string of the molecule is CS[C@@H]1CCC[C@H](NC(=O)C2CC(=O)C2)C1. The molecule has 1 N–H and O–H groups in total. The number of rotatable bonds is 3. The number of hydrogen-bond acceptors (Lipinski definition) is 3. The van der Waals surface area contributed by atoms with Gasteiger partial charge in [0.1, 0.15) is 5.78 Å². The van der Waals surface area contributed by atoms with Gasteiger partial charge in [0, 0.05) is 24.1 Å². The molecule has 90 valence electrons. The normalized spacial score (nSPS) is 30.9. The Labute approximate surface area is 101 Å². The highest BCUT2D eigenvalue weighted by atomic mass is 32.2. The van der Waals surface area contributed by atoms with Gasteiger partial charge in [-0.1, -0.05) is 6.42 Å². The number of thioether (sulfide) groups is 1. The number of Topliss-reactive ketones (excluding diaryl/α,β-unsaturated/α-hetero) is 1. The number of nitrogens with one attached hydrogen (secondary N) is 1. The number of carbonyl (C=O) groups excluding carboxylic acids is 2. The lowest BCUT2D eigenvalue weighted by Gasteiger charge is -2.31. The summed E-state index contributed by atoms with van der Waals surface area (Å²) in [6.45, 7) is 0. The molecule has 0 spiro atoms. The summed E-state index contributed by atoms with van der Waals surface area (Å²) < 4.78 is 0. The van der Waals surface area contributed by atoms with Gasteiger partial charge in [0.05, 0.1) is 5.92 Å². The molecule has 2 rings (SSSR count). The number of amides is 1. The summed E-state index contributed by atoms with van der Waals surface area (Å²) in [5.41, 5.74) is 0. The van der Waals surface area contributed by atoms with E-state index in [0.29, 0.717) is 24.1 Å². The molecule has 4 heteroatoms. The molecule has 2 atom stereocenters. The van der Waals surface area contributed by atoms with Crippen molar-refractivity contribution in [1.82, 2.24) is 5.32 Å². The molecule has 0 heterocycles. The van der Waals surface area contributed by atoms with E-state index in [-0.39, 0.29) is 17.6 Å². The number of ketones is 1. The van der Waals surface area contributed by atoms with Crippen LogP contribution < -0.4 is 5.32 Å². The fraction of sp³-hybridized carbons (Fsp3) is 0.833. The Balaban J connectivity index is 1.76. The van der Waals surface area contributed by atoms with Crippen LogP contribution in [0.2, 0.25) is 0 Å². The fourth-order valence-corrected chi connectivity index (χ4v) is 3.31. The Kier molecular flexibility index (Phi) is 3.90. The summed E-state index contributed by atoms with van der Waals surface area (Å²) in [6.07, 6.45) is 7.74. The molecule has 1 amide bonds. The molecule has 0 aromatic heterocycles. The molecule has 0 unspecified atom stereocenters. The molecule has 2 aliphatic rings. The zero-order chi connectivity index (χ0) is 11.5. The van der Waals surface area contributed by atoms with Gasteiger partial charge in [-0.2, -0.15) is 11.8 Å². The van der Waals surface area contributed by atoms with Crippen molar-refractivity contribution in [3.8, 4) is 0 Å². The molecular formula is C12H19NO2S. The van der Waals surface area contributed by atoms with Crippen molar-refractivity contribution in [1.29, 1.82) is 0 Å². The largest absolute Gasteiger partial charge is 0.353 e. The van der Waals surface area contributed by atoms with Crippen molar-refractivity contribution in [3.05, 3.63) is 0 Å². The van der Waals surface area contributed by atoms with Crippen molar-refractivity contribution >= 4 is 23.5 Å². The van der Waals surface area contributed by atoms with E-state index in [1.807, 2.05) is 11.8 Å². The van der Waals surface area contributed by atoms with Crippen LogP contribution in [0.25, 0.3) is 0 Å². The predicted octanol–water partition coefficient (Wildman–Crippen LogP) is 1.76. The van der Waals surface area contributed by atoms with E-state index >= 15 is 0 Å². The molecular weight excluding hydrogens is 222 g/mol. The summed E-state index contributed by atoms with van der Waals surface area (Å²) >= 11 is 1.90. The van der Waals surface area contributed by atoms with Crippen LogP contribution in [0.15, 0.2) is 0 Å². The van der Waals surface area contributed by atoms with E-state index < -0.39 is 0 Å². The Morgan fingerprint density at radius 1 is 1.38 bits per heavy atom. The average molecular weight is 241 g/mol. The molecule has 0 radical (unpaired) electrons. The van der Waals surface area contributed by atoms with E-state index in [1.54, 1.807) is 0 Å². The molecule has 0 aromatic carbocycles. The first-order valence-electron chi connectivity index (χ1n) is 6.04. The lowest BCUT2D eigenvalue weighted by atomic mass is 9.83. The highest BCUT2D eigenvalue weighted by Crippen LogP contribution is 2.28. The highest BCUT2D eigenvalue weighted by molar-refractivity contribution is 7.99. The first-order chi connectivity index (χ1) is 7.69. The predicted molar refractivity (Wildman–Crippen MR) is 65.4 cm³/mol. The molecule has 2 saturated carbocycles. The van der Waals surface area contributed by atoms with Crippen LogP contribution in [0.3, 0.4) is 0 Å². The van der Waals surface area contributed by atoms with Crippen LogP contribution in [-0.2, 0) is 9.59 Å². The van der Waals surface area contributed by atoms with Crippen molar-refractivity contribution in [2.24, 2.45) is 5.92 Å². The van der Waals surface area contributed by atoms with Gasteiger partial charge in [-0.25, -0.2) is 0 Å². The minimum absolute atomic E-state index is 0.0258. The maximum absolute atomic E-state index is 11.8. The smallest absolute Gasteiger partial charge is 0.224 e. The minimum Gasteiger partial charge on any atom is -0.353 e. The molecule has 2 fully saturated rings. The summed E-state index contributed by atoms with van der Waals surface area (Å²) in [7, 11) is 0. The van der Waals surface area contributed by atoms with E-state index in [4.69, 9.17) is 0 Å². The van der Waals surface area contributed by atoms with E-state index in [1.165, 1.54) is 12.8 Å². The second-order valence-corrected chi connectivity index (χ2v) is 6.01. The van der Waals surface area contributed by atoms with Gasteiger partial charge in [-0.3, -0.25) is 9.59 Å². The zero-order valence-electron chi connectivity index (χ0n) is 9.70. The van der Waals surface area contributed by atoms with E-state index in [9.17, 15) is 9.59 Å². The number of hydrogen-bond donors (Lipinski definition) is 1. The Hall–Kier alpha value is -0.510. The molecule has 0 aliphatic heterocycles. The van der Waals surface area contributed by atoms with Crippen molar-refractivity contribution in [2.45, 2.75) is 49.8 Å². The highest BCUT2D eigenvalue weighted by Gasteiger charge is 2.34. The second kappa shape index (κ2) is 5.21. The maximum atomic E-state index is 11.8. The third-order valence-electron chi connectivity index (χ3n) is 3.62. The summed E-state index contributed by atoms with van der Waals surface area (Å²) in [5.74, 6) is 0.305. The summed E-state index contributed by atoms with van der Waals surface area (Å²) in [4.78, 5) is 22.6. The second-order valence-electron chi connectivity index (χ2n) is 4.87. The first-order valence-corrected chi connectivity index (χ1v) is 7.32. The quantitative estimate of drug-likeness (QED) is 0.819. The van der Waals surface area contributed by atoms with Gasteiger partial charge in [-0.15, -0.1) is 0 Å². The third-order valence-corrected chi connectivity index (χ3v) is 4.72. The van der Waals surface area contributed by atoms with E-state index in [2.05, 4.69) is 11.6 Å². The van der Waals surface area contributed by atoms with E-state index in [0.717, 1.165) is 12.8 Å². The Morgan fingerprint density at radius 2 is 2.12 bits per heavy atom. The first kappa shape index (κ1) is 12.0. The van der Waals surface area contributed by atoms with Gasteiger partial charge in [0.2, 0.25) is 5.91 Å². The van der Waals surface area contributed by atoms with Gasteiger partial charge >= 0.3 is 0 Å². The maximum Gasteiger partial charge on any atom is 0.224 e. The van der Waals surface area contributed by atoms with Crippen LogP contribution in [-0.4, -0.2) is 29.2 Å². The van der Waals surface area contributed by atoms with Crippen LogP contribution in [0.1, 0.15) is 38.5 Å². The van der Waals surface area contributed by atoms with Crippen molar-refractivity contribution in [2.75, 3.05) is 6.26 Å². The Morgan fingerprint density at radius 3 is 2.75 bits per heavy atom. The topological polar surface area (TPSA) is 46.2 Å². The van der Waals surface area contributed by atoms with Crippen LogP contribution in [0.4, 0.5) is 0 Å². The molecule has 16 heavy (non-hydrogen) atoms. The third kappa shape index (κ3) is 2.78. The molecule has 0 bridgehead atoms. The lowest BCUT2D eigenvalue weighted by molar-refractivity contribution is -0.138. The van der Waals surface area contributed by atoms with Gasteiger partial charge in [-0.05, 0) is 25.5 Å². The lowest BCUT2D eigenvalue weighted by Crippen LogP contribution is -2.45. The van der Waals surface area contributed by atoms with Crippen molar-refractivity contribution in [3.63, 3.8) is 0 Å². The Bertz CT molecular complexity index is 285. The van der Waals surface area contributed by atoms with Gasteiger partial charge < -0.3 is 5.32 Å². The van der Waals surface area contributed by atoms with Crippen LogP contribution in [0.5, 0.6) is 0 Å². The van der Waals surface area contributed by atoms with Crippen LogP contribution >= 0.6 is 11.8 Å². The monoisotopic (exact) mass is 241 g/mol. The van der Waals surface area contributed by atoms with Gasteiger partial charge in [0.15, 0.2) is 0 Å². The summed E-state index contributed by atoms with van der Waals surface area (Å²) in [6, 6.07) is 0.342. The van der Waals surface area contributed by atoms with Crippen molar-refractivity contribution < 1.29 is 9.59 Å². The fourth-order valence-electron chi connectivity index (χ4n) is 2.48. The molecule has 0 aromatic rings.